The summed E-state index contributed by atoms with van der Waals surface area (Å²) >= 11 is 0. The number of benzene rings is 1. The number of rotatable bonds is 7. The van der Waals surface area contributed by atoms with E-state index in [4.69, 9.17) is 0 Å². The Morgan fingerprint density at radius 3 is 2.29 bits per heavy atom. The van der Waals surface area contributed by atoms with Crippen LogP contribution in [0.1, 0.15) is 26.3 Å². The summed E-state index contributed by atoms with van der Waals surface area (Å²) in [5.74, 6) is 0.136. The molecule has 1 aromatic carbocycles. The van der Waals surface area contributed by atoms with Gasteiger partial charge in [-0.3, -0.25) is 4.79 Å². The van der Waals surface area contributed by atoms with Gasteiger partial charge in [-0.05, 0) is 45.0 Å². The molecule has 21 heavy (non-hydrogen) atoms. The molecule has 0 spiro atoms. The van der Waals surface area contributed by atoms with Crippen LogP contribution in [0.25, 0.3) is 0 Å². The average molecular weight is 301 g/mol. The van der Waals surface area contributed by atoms with Gasteiger partial charge in [-0.1, -0.05) is 0 Å². The first-order chi connectivity index (χ1) is 9.79. The van der Waals surface area contributed by atoms with Gasteiger partial charge in [-0.25, -0.2) is 0 Å². The van der Waals surface area contributed by atoms with Crippen molar-refractivity contribution in [3.63, 3.8) is 0 Å². The number of hydrogen-bond acceptors (Lipinski definition) is 2. The fraction of sp³-hybridized carbons (Fsp3) is 0.533. The van der Waals surface area contributed by atoms with E-state index in [1.54, 1.807) is 12.1 Å². The van der Waals surface area contributed by atoms with Crippen LogP contribution in [0.15, 0.2) is 24.3 Å². The van der Waals surface area contributed by atoms with Crippen molar-refractivity contribution in [2.24, 2.45) is 0 Å². The lowest BCUT2D eigenvalue weighted by Gasteiger charge is -2.22. The lowest BCUT2D eigenvalue weighted by molar-refractivity contribution is -0.908. The molecule has 0 aliphatic rings. The Bertz CT molecular complexity index is 449. The summed E-state index contributed by atoms with van der Waals surface area (Å²) in [6, 6.07) is 6.40. The van der Waals surface area contributed by atoms with Gasteiger partial charge in [0.25, 0.3) is 5.91 Å². The quantitative estimate of drug-likeness (QED) is 0.795. The Labute approximate surface area is 124 Å². The Hall–Kier alpha value is -1.69. The van der Waals surface area contributed by atoms with Crippen molar-refractivity contribution < 1.29 is 23.2 Å². The zero-order chi connectivity index (χ0) is 16.0. The molecule has 0 heterocycles. The molecule has 6 heteroatoms. The molecule has 1 aromatic rings. The molecule has 0 aliphatic heterocycles. The van der Waals surface area contributed by atoms with Gasteiger partial charge in [0.1, 0.15) is 12.3 Å². The van der Waals surface area contributed by atoms with Crippen LogP contribution in [0.3, 0.4) is 0 Å². The Balaban J connectivity index is 2.57. The molecule has 2 atom stereocenters. The maximum absolute atomic E-state index is 12.1. The van der Waals surface area contributed by atoms with Crippen molar-refractivity contribution in [3.8, 4) is 5.75 Å². The first kappa shape index (κ1) is 17.4. The second-order valence-corrected chi connectivity index (χ2v) is 5.43. The minimum absolute atomic E-state index is 0.000142. The van der Waals surface area contributed by atoms with Crippen molar-refractivity contribution in [2.75, 3.05) is 7.05 Å². The van der Waals surface area contributed by atoms with Crippen molar-refractivity contribution in [3.05, 3.63) is 29.8 Å². The van der Waals surface area contributed by atoms with Crippen LogP contribution < -0.4 is 15.0 Å². The van der Waals surface area contributed by atoms with Gasteiger partial charge in [-0.15, -0.1) is 0 Å². The zero-order valence-corrected chi connectivity index (χ0v) is 12.8. The first-order valence-corrected chi connectivity index (χ1v) is 6.96. The van der Waals surface area contributed by atoms with Crippen LogP contribution in [0.2, 0.25) is 0 Å². The molecule has 118 valence electrons. The molecule has 0 radical (unpaired) electrons. The third kappa shape index (κ3) is 6.08. The summed E-state index contributed by atoms with van der Waals surface area (Å²) in [7, 11) is 1.92. The van der Waals surface area contributed by atoms with Gasteiger partial charge in [0, 0.05) is 11.6 Å². The first-order valence-electron chi connectivity index (χ1n) is 6.96. The Morgan fingerprint density at radius 2 is 1.81 bits per heavy atom. The number of carbonyl (C=O) groups is 1. The maximum atomic E-state index is 12.1. The van der Waals surface area contributed by atoms with E-state index in [9.17, 15) is 13.6 Å². The Kier molecular flexibility index (Phi) is 6.55. The van der Waals surface area contributed by atoms with E-state index in [1.807, 2.05) is 27.8 Å². The predicted molar refractivity (Wildman–Crippen MR) is 76.4 cm³/mol. The average Bonchev–Trinajstić information content (AvgIpc) is 2.38. The molecule has 4 nitrogen and oxygen atoms in total. The number of ether oxygens (including phenoxy) is 1. The number of hydrogen-bond donors (Lipinski definition) is 2. The number of quaternary nitrogens is 1. The number of amides is 1. The number of carbonyl (C=O) groups excluding carboxylic acids is 1. The van der Waals surface area contributed by atoms with E-state index >= 15 is 0 Å². The summed E-state index contributed by atoms with van der Waals surface area (Å²) in [6.45, 7) is 3.51. The fourth-order valence-corrected chi connectivity index (χ4v) is 1.90. The third-order valence-electron chi connectivity index (χ3n) is 3.19. The molecular formula is C15H23F2N2O2+. The molecule has 0 saturated carbocycles. The molecule has 0 fully saturated rings. The Morgan fingerprint density at radius 1 is 1.24 bits per heavy atom. The van der Waals surface area contributed by atoms with E-state index < -0.39 is 6.61 Å². The predicted octanol–water partition coefficient (Wildman–Crippen LogP) is 1.22. The molecule has 2 N–H and O–H groups in total. The van der Waals surface area contributed by atoms with Gasteiger partial charge in [-0.2, -0.15) is 8.78 Å². The summed E-state index contributed by atoms with van der Waals surface area (Å²) in [5, 5.41) is 2.88. The third-order valence-corrected chi connectivity index (χ3v) is 3.19. The highest BCUT2D eigenvalue weighted by atomic mass is 19.3. The van der Waals surface area contributed by atoms with E-state index in [1.165, 1.54) is 12.1 Å². The number of halogens is 2. The largest absolute Gasteiger partial charge is 0.435 e. The minimum Gasteiger partial charge on any atom is -0.435 e. The lowest BCUT2D eigenvalue weighted by Crippen LogP contribution is -3.12. The topological polar surface area (TPSA) is 42.8 Å². The number of nitrogens with one attached hydrogen (secondary N) is 2. The standard InChI is InChI=1S/C15H22F2N2O2/c1-10(2)18-14(20)11(3)19(4)9-12-5-7-13(8-6-12)21-15(16)17/h5-8,10-11,15H,9H2,1-4H3,(H,18,20)/p+1/t11-/m1/s1. The van der Waals surface area contributed by atoms with Crippen molar-refractivity contribution in [2.45, 2.75) is 46.0 Å². The van der Waals surface area contributed by atoms with Crippen molar-refractivity contribution in [1.82, 2.24) is 5.32 Å². The van der Waals surface area contributed by atoms with Crippen LogP contribution in [0, 0.1) is 0 Å². The molecule has 0 aromatic heterocycles. The molecule has 0 aliphatic carbocycles. The molecular weight excluding hydrogens is 278 g/mol. The highest BCUT2D eigenvalue weighted by Crippen LogP contribution is 2.14. The van der Waals surface area contributed by atoms with E-state index in [-0.39, 0.29) is 23.7 Å². The molecule has 1 unspecified atom stereocenters. The van der Waals surface area contributed by atoms with Crippen LogP contribution in [-0.2, 0) is 11.3 Å². The van der Waals surface area contributed by atoms with Crippen LogP contribution in [0.4, 0.5) is 8.78 Å². The number of likely N-dealkylation sites (N-methyl/N-ethyl adjacent to an activating group) is 1. The second kappa shape index (κ2) is 7.93. The van der Waals surface area contributed by atoms with Gasteiger partial charge in [0.15, 0.2) is 6.04 Å². The highest BCUT2D eigenvalue weighted by molar-refractivity contribution is 5.80. The van der Waals surface area contributed by atoms with E-state index in [2.05, 4.69) is 10.1 Å². The molecule has 1 rings (SSSR count). The SMILES string of the molecule is CC(C)NC(=O)[C@@H](C)[NH+](C)Cc1ccc(OC(F)F)cc1. The molecule has 0 saturated heterocycles. The summed E-state index contributed by atoms with van der Waals surface area (Å²) < 4.78 is 28.4. The van der Waals surface area contributed by atoms with Crippen LogP contribution in [-0.4, -0.2) is 31.7 Å². The summed E-state index contributed by atoms with van der Waals surface area (Å²) in [4.78, 5) is 12.9. The van der Waals surface area contributed by atoms with Crippen molar-refractivity contribution in [1.29, 1.82) is 0 Å². The van der Waals surface area contributed by atoms with Gasteiger partial charge in [0.2, 0.25) is 0 Å². The maximum Gasteiger partial charge on any atom is 0.387 e. The summed E-state index contributed by atoms with van der Waals surface area (Å²) in [6.07, 6.45) is 0. The minimum atomic E-state index is -2.82. The summed E-state index contributed by atoms with van der Waals surface area (Å²) in [5.41, 5.74) is 0.957. The molecule has 0 bridgehead atoms. The van der Waals surface area contributed by atoms with E-state index in [0.29, 0.717) is 6.54 Å². The fourth-order valence-electron chi connectivity index (χ4n) is 1.90. The monoisotopic (exact) mass is 301 g/mol. The second-order valence-electron chi connectivity index (χ2n) is 5.43. The van der Waals surface area contributed by atoms with Gasteiger partial charge < -0.3 is 15.0 Å². The lowest BCUT2D eigenvalue weighted by atomic mass is 10.1. The van der Waals surface area contributed by atoms with Crippen LogP contribution >= 0.6 is 0 Å². The number of alkyl halides is 2. The van der Waals surface area contributed by atoms with Gasteiger partial charge in [0.05, 0.1) is 7.05 Å². The van der Waals surface area contributed by atoms with E-state index in [0.717, 1.165) is 10.5 Å². The van der Waals surface area contributed by atoms with Crippen molar-refractivity contribution >= 4 is 5.91 Å². The smallest absolute Gasteiger partial charge is 0.387 e. The zero-order valence-electron chi connectivity index (χ0n) is 12.8. The van der Waals surface area contributed by atoms with Gasteiger partial charge >= 0.3 is 6.61 Å². The van der Waals surface area contributed by atoms with Crippen LogP contribution in [0.5, 0.6) is 5.75 Å². The highest BCUT2D eigenvalue weighted by Gasteiger charge is 2.22. The molecule has 1 amide bonds. The normalized spacial score (nSPS) is 14.1.